The second-order valence-electron chi connectivity index (χ2n) is 4.71. The number of aromatic nitrogens is 2. The fourth-order valence-corrected chi connectivity index (χ4v) is 1.84. The van der Waals surface area contributed by atoms with Crippen molar-refractivity contribution in [3.05, 3.63) is 17.8 Å². The van der Waals surface area contributed by atoms with Gasteiger partial charge in [0.15, 0.2) is 0 Å². The van der Waals surface area contributed by atoms with E-state index in [1.54, 1.807) is 13.3 Å². The number of ether oxygens (including phenoxy) is 1. The van der Waals surface area contributed by atoms with Crippen LogP contribution in [0.5, 0.6) is 0 Å². The van der Waals surface area contributed by atoms with Crippen molar-refractivity contribution in [2.24, 2.45) is 5.41 Å². The first-order valence-electron chi connectivity index (χ1n) is 5.76. The Morgan fingerprint density at radius 1 is 1.50 bits per heavy atom. The normalized spacial score (nSPS) is 17.1. The second kappa shape index (κ2) is 4.78. The lowest BCUT2D eigenvalue weighted by molar-refractivity contribution is 0.175. The van der Waals surface area contributed by atoms with Gasteiger partial charge in [-0.2, -0.15) is 5.10 Å². The summed E-state index contributed by atoms with van der Waals surface area (Å²) >= 11 is 0. The topological polar surface area (TPSA) is 47.0 Å². The summed E-state index contributed by atoms with van der Waals surface area (Å²) in [5.74, 6) is 0.878. The molecule has 1 aliphatic carbocycles. The van der Waals surface area contributed by atoms with E-state index in [9.17, 15) is 0 Å². The van der Waals surface area contributed by atoms with Gasteiger partial charge in [0, 0.05) is 20.3 Å². The number of rotatable bonds is 6. The van der Waals surface area contributed by atoms with Crippen LogP contribution in [0.25, 0.3) is 0 Å². The maximum atomic E-state index is 5.13. The monoisotopic (exact) mass is 221 g/mol. The van der Waals surface area contributed by atoms with Gasteiger partial charge in [0.2, 0.25) is 0 Å². The van der Waals surface area contributed by atoms with Crippen LogP contribution in [-0.4, -0.2) is 30.5 Å². The minimum absolute atomic E-state index is 0.446. The van der Waals surface area contributed by atoms with Gasteiger partial charge >= 0.3 is 0 Å². The van der Waals surface area contributed by atoms with Gasteiger partial charge in [-0.1, -0.05) is 0 Å². The van der Waals surface area contributed by atoms with E-state index in [4.69, 9.17) is 4.74 Å². The Hall–Kier alpha value is -1.16. The summed E-state index contributed by atoms with van der Waals surface area (Å²) in [7, 11) is 1.76. The van der Waals surface area contributed by atoms with E-state index in [-0.39, 0.29) is 0 Å². The summed E-state index contributed by atoms with van der Waals surface area (Å²) in [5.41, 5.74) is 1.58. The smallest absolute Gasteiger partial charge is 0.148 e. The number of methoxy groups -OCH3 is 1. The van der Waals surface area contributed by atoms with Crippen molar-refractivity contribution in [1.29, 1.82) is 0 Å². The molecule has 0 saturated heterocycles. The average Bonchev–Trinajstić information content (AvgIpc) is 3.05. The molecule has 0 unspecified atom stereocenters. The third kappa shape index (κ3) is 2.92. The van der Waals surface area contributed by atoms with E-state index in [1.807, 2.05) is 13.0 Å². The Kier molecular flexibility index (Phi) is 3.39. The molecule has 4 nitrogen and oxygen atoms in total. The van der Waals surface area contributed by atoms with E-state index >= 15 is 0 Å². The van der Waals surface area contributed by atoms with Crippen LogP contribution < -0.4 is 5.32 Å². The molecule has 88 valence electrons. The van der Waals surface area contributed by atoms with Crippen LogP contribution >= 0.6 is 0 Å². The zero-order valence-corrected chi connectivity index (χ0v) is 9.99. The Morgan fingerprint density at radius 3 is 2.94 bits per heavy atom. The van der Waals surface area contributed by atoms with Crippen molar-refractivity contribution in [3.8, 4) is 0 Å². The number of nitrogens with zero attached hydrogens (tertiary/aromatic N) is 2. The maximum Gasteiger partial charge on any atom is 0.148 e. The first-order chi connectivity index (χ1) is 7.74. The SMILES string of the molecule is COCCC1(CNc2cc(C)cnn2)CC1. The Balaban J connectivity index is 1.83. The van der Waals surface area contributed by atoms with Crippen LogP contribution in [0, 0.1) is 12.3 Å². The molecule has 1 aromatic rings. The van der Waals surface area contributed by atoms with Crippen LogP contribution in [0.1, 0.15) is 24.8 Å². The average molecular weight is 221 g/mol. The van der Waals surface area contributed by atoms with Crippen LogP contribution in [0.4, 0.5) is 5.82 Å². The zero-order chi connectivity index (χ0) is 11.4. The summed E-state index contributed by atoms with van der Waals surface area (Å²) in [4.78, 5) is 0. The fourth-order valence-electron chi connectivity index (χ4n) is 1.84. The van der Waals surface area contributed by atoms with Gasteiger partial charge in [-0.25, -0.2) is 0 Å². The third-order valence-electron chi connectivity index (χ3n) is 3.23. The largest absolute Gasteiger partial charge is 0.385 e. The molecule has 16 heavy (non-hydrogen) atoms. The highest BCUT2D eigenvalue weighted by atomic mass is 16.5. The van der Waals surface area contributed by atoms with Gasteiger partial charge in [-0.05, 0) is 43.2 Å². The van der Waals surface area contributed by atoms with Crippen molar-refractivity contribution >= 4 is 5.82 Å². The van der Waals surface area contributed by atoms with Gasteiger partial charge in [-0.15, -0.1) is 5.10 Å². The standard InChI is InChI=1S/C12H19N3O/c1-10-7-11(15-14-8-10)13-9-12(3-4-12)5-6-16-2/h7-8H,3-6,9H2,1-2H3,(H,13,15). The maximum absolute atomic E-state index is 5.13. The summed E-state index contributed by atoms with van der Waals surface area (Å²) in [6.07, 6.45) is 5.49. The number of aryl methyl sites for hydroxylation is 1. The minimum Gasteiger partial charge on any atom is -0.385 e. The fraction of sp³-hybridized carbons (Fsp3) is 0.667. The van der Waals surface area contributed by atoms with Crippen LogP contribution in [0.15, 0.2) is 12.3 Å². The highest BCUT2D eigenvalue weighted by Gasteiger charge is 2.41. The number of anilines is 1. The van der Waals surface area contributed by atoms with Crippen LogP contribution in [-0.2, 0) is 4.74 Å². The predicted octanol–water partition coefficient (Wildman–Crippen LogP) is 2.01. The first-order valence-corrected chi connectivity index (χ1v) is 5.76. The van der Waals surface area contributed by atoms with Gasteiger partial charge in [0.05, 0.1) is 6.20 Å². The van der Waals surface area contributed by atoms with Crippen molar-refractivity contribution in [2.45, 2.75) is 26.2 Å². The lowest BCUT2D eigenvalue weighted by atomic mass is 10.0. The molecule has 1 aromatic heterocycles. The van der Waals surface area contributed by atoms with Gasteiger partial charge in [-0.3, -0.25) is 0 Å². The van der Waals surface area contributed by atoms with E-state index in [2.05, 4.69) is 15.5 Å². The molecule has 0 bridgehead atoms. The third-order valence-corrected chi connectivity index (χ3v) is 3.23. The quantitative estimate of drug-likeness (QED) is 0.798. The van der Waals surface area contributed by atoms with E-state index < -0.39 is 0 Å². The Bertz CT molecular complexity index is 350. The molecular formula is C12H19N3O. The van der Waals surface area contributed by atoms with E-state index in [0.717, 1.165) is 31.0 Å². The predicted molar refractivity (Wildman–Crippen MR) is 63.4 cm³/mol. The molecule has 0 atom stereocenters. The molecule has 1 fully saturated rings. The molecule has 1 N–H and O–H groups in total. The summed E-state index contributed by atoms with van der Waals surface area (Å²) in [6.45, 7) is 3.85. The number of hydrogen-bond acceptors (Lipinski definition) is 4. The van der Waals surface area contributed by atoms with Crippen molar-refractivity contribution in [1.82, 2.24) is 10.2 Å². The molecule has 0 aromatic carbocycles. The minimum atomic E-state index is 0.446. The molecule has 1 aliphatic rings. The van der Waals surface area contributed by atoms with Crippen LogP contribution in [0.2, 0.25) is 0 Å². The molecule has 4 heteroatoms. The Labute approximate surface area is 96.4 Å². The molecule has 2 rings (SSSR count). The Morgan fingerprint density at radius 2 is 2.31 bits per heavy atom. The summed E-state index contributed by atoms with van der Waals surface area (Å²) < 4.78 is 5.13. The van der Waals surface area contributed by atoms with Gasteiger partial charge < -0.3 is 10.1 Å². The molecule has 1 saturated carbocycles. The molecule has 0 radical (unpaired) electrons. The highest BCUT2D eigenvalue weighted by molar-refractivity contribution is 5.35. The first kappa shape index (κ1) is 11.3. The number of nitrogens with one attached hydrogen (secondary N) is 1. The van der Waals surface area contributed by atoms with E-state index in [0.29, 0.717) is 5.41 Å². The molecule has 0 aliphatic heterocycles. The lowest BCUT2D eigenvalue weighted by Gasteiger charge is -2.15. The van der Waals surface area contributed by atoms with Gasteiger partial charge in [0.25, 0.3) is 0 Å². The lowest BCUT2D eigenvalue weighted by Crippen LogP contribution is -2.18. The van der Waals surface area contributed by atoms with Gasteiger partial charge in [0.1, 0.15) is 5.82 Å². The molecule has 0 spiro atoms. The van der Waals surface area contributed by atoms with Crippen molar-refractivity contribution < 1.29 is 4.74 Å². The summed E-state index contributed by atoms with van der Waals surface area (Å²) in [5, 5.41) is 11.4. The van der Waals surface area contributed by atoms with Crippen LogP contribution in [0.3, 0.4) is 0 Å². The second-order valence-corrected chi connectivity index (χ2v) is 4.71. The zero-order valence-electron chi connectivity index (χ0n) is 9.99. The van der Waals surface area contributed by atoms with Crippen molar-refractivity contribution in [3.63, 3.8) is 0 Å². The van der Waals surface area contributed by atoms with Crippen molar-refractivity contribution in [2.75, 3.05) is 25.6 Å². The molecular weight excluding hydrogens is 202 g/mol. The van der Waals surface area contributed by atoms with E-state index in [1.165, 1.54) is 12.8 Å². The number of hydrogen-bond donors (Lipinski definition) is 1. The molecule has 0 amide bonds. The summed E-state index contributed by atoms with van der Waals surface area (Å²) in [6, 6.07) is 2.03. The highest BCUT2D eigenvalue weighted by Crippen LogP contribution is 2.48. The molecule has 1 heterocycles.